The van der Waals surface area contributed by atoms with Gasteiger partial charge in [0, 0.05) is 37.5 Å². The second kappa shape index (κ2) is 8.88. The van der Waals surface area contributed by atoms with E-state index in [9.17, 15) is 9.18 Å². The minimum Gasteiger partial charge on any atom is -0.368 e. The molecule has 3 aromatic rings. The maximum Gasteiger partial charge on any atom is 0.254 e. The molecule has 31 heavy (non-hydrogen) atoms. The third-order valence-corrected chi connectivity index (χ3v) is 6.10. The summed E-state index contributed by atoms with van der Waals surface area (Å²) in [5, 5.41) is 7.56. The number of likely N-dealkylation sites (tertiary alicyclic amines) is 1. The number of nitrogens with zero attached hydrogens (tertiary/aromatic N) is 4. The molecule has 0 spiro atoms. The fourth-order valence-electron chi connectivity index (χ4n) is 4.35. The van der Waals surface area contributed by atoms with Crippen molar-refractivity contribution in [3.63, 3.8) is 0 Å². The van der Waals surface area contributed by atoms with Gasteiger partial charge in [-0.3, -0.25) is 9.48 Å². The third-order valence-electron chi connectivity index (χ3n) is 6.10. The molecule has 1 unspecified atom stereocenters. The molecule has 3 heterocycles. The van der Waals surface area contributed by atoms with Crippen LogP contribution in [0.3, 0.4) is 0 Å². The van der Waals surface area contributed by atoms with Crippen molar-refractivity contribution >= 4 is 11.7 Å². The lowest BCUT2D eigenvalue weighted by molar-refractivity contribution is 0.0540. The normalized spacial score (nSPS) is 18.8. The van der Waals surface area contributed by atoms with Crippen LogP contribution in [0.5, 0.6) is 0 Å². The summed E-state index contributed by atoms with van der Waals surface area (Å²) in [7, 11) is 1.88. The van der Waals surface area contributed by atoms with Crippen molar-refractivity contribution in [2.24, 2.45) is 13.0 Å². The number of anilines is 1. The largest absolute Gasteiger partial charge is 0.368 e. The number of rotatable bonds is 5. The molecule has 1 amide bonds. The first kappa shape index (κ1) is 21.0. The van der Waals surface area contributed by atoms with E-state index in [4.69, 9.17) is 0 Å². The molecule has 162 valence electrons. The van der Waals surface area contributed by atoms with Crippen LogP contribution < -0.4 is 5.32 Å². The molecule has 1 aromatic carbocycles. The van der Waals surface area contributed by atoms with E-state index in [1.807, 2.05) is 43.1 Å². The molecule has 6 nitrogen and oxygen atoms in total. The van der Waals surface area contributed by atoms with Gasteiger partial charge in [0.25, 0.3) is 5.91 Å². The van der Waals surface area contributed by atoms with Crippen molar-refractivity contribution in [1.82, 2.24) is 19.7 Å². The van der Waals surface area contributed by atoms with Crippen molar-refractivity contribution in [2.45, 2.75) is 32.7 Å². The monoisotopic (exact) mass is 421 g/mol. The van der Waals surface area contributed by atoms with Gasteiger partial charge in [0.2, 0.25) is 0 Å². The van der Waals surface area contributed by atoms with E-state index < -0.39 is 0 Å². The highest BCUT2D eigenvalue weighted by molar-refractivity contribution is 6.01. The van der Waals surface area contributed by atoms with Crippen LogP contribution in [0.2, 0.25) is 0 Å². The van der Waals surface area contributed by atoms with Crippen LogP contribution >= 0.6 is 0 Å². The van der Waals surface area contributed by atoms with Crippen molar-refractivity contribution in [3.05, 3.63) is 65.7 Å². The number of hydrogen-bond acceptors (Lipinski definition) is 4. The predicted molar refractivity (Wildman–Crippen MR) is 119 cm³/mol. The number of aromatic nitrogens is 3. The van der Waals surface area contributed by atoms with E-state index in [0.717, 1.165) is 29.7 Å². The topological polar surface area (TPSA) is 63.1 Å². The van der Waals surface area contributed by atoms with Crippen LogP contribution in [-0.2, 0) is 7.05 Å². The van der Waals surface area contributed by atoms with Crippen molar-refractivity contribution < 1.29 is 9.18 Å². The minimum absolute atomic E-state index is 0.0213. The molecular weight excluding hydrogens is 393 g/mol. The summed E-state index contributed by atoms with van der Waals surface area (Å²) in [6, 6.07) is 11.0. The quantitative estimate of drug-likeness (QED) is 0.668. The summed E-state index contributed by atoms with van der Waals surface area (Å²) in [5.74, 6) is 0.620. The zero-order valence-corrected chi connectivity index (χ0v) is 18.2. The number of hydrogen-bond donors (Lipinski definition) is 1. The Morgan fingerprint density at radius 2 is 2.10 bits per heavy atom. The second-order valence-electron chi connectivity index (χ2n) is 8.32. The Labute approximate surface area is 182 Å². The highest BCUT2D eigenvalue weighted by atomic mass is 19.1. The maximum absolute atomic E-state index is 13.8. The Balaban J connectivity index is 1.62. The van der Waals surface area contributed by atoms with E-state index >= 15 is 0 Å². The number of aryl methyl sites for hydroxylation is 2. The summed E-state index contributed by atoms with van der Waals surface area (Å²) in [5.41, 5.74) is 3.55. The first-order chi connectivity index (χ1) is 14.9. The van der Waals surface area contributed by atoms with E-state index in [1.54, 1.807) is 16.9 Å². The molecule has 0 radical (unpaired) electrons. The number of nitrogens with one attached hydrogen (secondary N) is 1. The van der Waals surface area contributed by atoms with Crippen LogP contribution in [0, 0.1) is 18.7 Å². The van der Waals surface area contributed by atoms with Gasteiger partial charge in [0.1, 0.15) is 11.6 Å². The van der Waals surface area contributed by atoms with Crippen LogP contribution in [-0.4, -0.2) is 44.7 Å². The van der Waals surface area contributed by atoms with Gasteiger partial charge in [-0.1, -0.05) is 24.6 Å². The number of carbonyl (C=O) groups is 1. The van der Waals surface area contributed by atoms with Crippen molar-refractivity contribution in [3.8, 4) is 11.3 Å². The molecule has 2 atom stereocenters. The Bertz CT molecular complexity index is 1060. The Hall–Kier alpha value is -3.22. The number of pyridine rings is 1. The first-order valence-electron chi connectivity index (χ1n) is 10.7. The SMILES string of the molecule is Cc1ccc(-c2ccnn2C)c(C(=O)N2CCC[C@@H](C)C2CNc2ccc(F)cn2)c1. The molecular formula is C24H28FN5O. The van der Waals surface area contributed by atoms with Gasteiger partial charge in [-0.15, -0.1) is 0 Å². The molecule has 1 fully saturated rings. The van der Waals surface area contributed by atoms with E-state index in [2.05, 4.69) is 22.3 Å². The smallest absolute Gasteiger partial charge is 0.254 e. The highest BCUT2D eigenvalue weighted by Gasteiger charge is 2.33. The summed E-state index contributed by atoms with van der Waals surface area (Å²) < 4.78 is 15.0. The lowest BCUT2D eigenvalue weighted by atomic mass is 9.89. The van der Waals surface area contributed by atoms with Gasteiger partial charge >= 0.3 is 0 Å². The minimum atomic E-state index is -0.365. The van der Waals surface area contributed by atoms with E-state index in [-0.39, 0.29) is 17.8 Å². The average molecular weight is 422 g/mol. The molecule has 0 saturated carbocycles. The molecule has 1 saturated heterocycles. The van der Waals surface area contributed by atoms with E-state index in [1.165, 1.54) is 12.3 Å². The molecule has 1 aliphatic heterocycles. The Morgan fingerprint density at radius 3 is 2.81 bits per heavy atom. The van der Waals surface area contributed by atoms with E-state index in [0.29, 0.717) is 30.4 Å². The summed E-state index contributed by atoms with van der Waals surface area (Å²) in [6.45, 7) is 5.47. The van der Waals surface area contributed by atoms with Gasteiger partial charge in [-0.05, 0) is 49.9 Å². The van der Waals surface area contributed by atoms with Crippen LogP contribution in [0.15, 0.2) is 48.8 Å². The maximum atomic E-state index is 13.8. The van der Waals surface area contributed by atoms with Gasteiger partial charge in [0.15, 0.2) is 0 Å². The van der Waals surface area contributed by atoms with Gasteiger partial charge < -0.3 is 10.2 Å². The highest BCUT2D eigenvalue weighted by Crippen LogP contribution is 2.30. The van der Waals surface area contributed by atoms with Crippen LogP contribution in [0.25, 0.3) is 11.3 Å². The van der Waals surface area contributed by atoms with Crippen molar-refractivity contribution in [1.29, 1.82) is 0 Å². The van der Waals surface area contributed by atoms with Crippen LogP contribution in [0.1, 0.15) is 35.7 Å². The fraction of sp³-hybridized carbons (Fsp3) is 0.375. The number of piperidine rings is 1. The third kappa shape index (κ3) is 4.45. The fourth-order valence-corrected chi connectivity index (χ4v) is 4.35. The van der Waals surface area contributed by atoms with Gasteiger partial charge in [0.05, 0.1) is 17.9 Å². The molecule has 1 aliphatic rings. The zero-order valence-electron chi connectivity index (χ0n) is 18.2. The molecule has 7 heteroatoms. The number of carbonyl (C=O) groups excluding carboxylic acids is 1. The predicted octanol–water partition coefficient (Wildman–Crippen LogP) is 4.28. The van der Waals surface area contributed by atoms with Gasteiger partial charge in [-0.25, -0.2) is 9.37 Å². The molecule has 4 rings (SSSR count). The number of amides is 1. The number of benzene rings is 1. The number of halogens is 1. The molecule has 2 aromatic heterocycles. The molecule has 0 bridgehead atoms. The van der Waals surface area contributed by atoms with Gasteiger partial charge in [-0.2, -0.15) is 5.10 Å². The summed E-state index contributed by atoms with van der Waals surface area (Å²) in [4.78, 5) is 19.9. The zero-order chi connectivity index (χ0) is 22.0. The summed E-state index contributed by atoms with van der Waals surface area (Å²) >= 11 is 0. The summed E-state index contributed by atoms with van der Waals surface area (Å²) in [6.07, 6.45) is 4.98. The molecule has 0 aliphatic carbocycles. The average Bonchev–Trinajstić information content (AvgIpc) is 3.19. The molecule has 1 N–H and O–H groups in total. The standard InChI is InChI=1S/C24H28FN5O/c1-16-6-8-19(21-10-11-28-29(21)3)20(13-16)24(31)30-12-4-5-17(2)22(30)15-27-23-9-7-18(25)14-26-23/h6-11,13-14,17,22H,4-5,12,15H2,1-3H3,(H,26,27)/t17-,22?/m1/s1. The lowest BCUT2D eigenvalue weighted by Crippen LogP contribution is -2.51. The van der Waals surface area contributed by atoms with Crippen molar-refractivity contribution in [2.75, 3.05) is 18.4 Å². The second-order valence-corrected chi connectivity index (χ2v) is 8.32. The Morgan fingerprint density at radius 1 is 1.26 bits per heavy atom. The lowest BCUT2D eigenvalue weighted by Gasteiger charge is -2.40. The Kier molecular flexibility index (Phi) is 6.02. The van der Waals surface area contributed by atoms with Crippen LogP contribution in [0.4, 0.5) is 10.2 Å². The first-order valence-corrected chi connectivity index (χ1v) is 10.7.